The zero-order valence-corrected chi connectivity index (χ0v) is 13.1. The van der Waals surface area contributed by atoms with Crippen molar-refractivity contribution in [2.24, 2.45) is 11.5 Å². The quantitative estimate of drug-likeness (QED) is 0.881. The average molecular weight is 271 g/mol. The second kappa shape index (κ2) is 7.13. The fourth-order valence-corrected chi connectivity index (χ4v) is 2.57. The number of rotatable bonds is 4. The van der Waals surface area contributed by atoms with Crippen LogP contribution < -0.4 is 11.5 Å². The van der Waals surface area contributed by atoms with E-state index in [0.717, 1.165) is 19.4 Å². The lowest BCUT2D eigenvalue weighted by molar-refractivity contribution is 0.611. The van der Waals surface area contributed by atoms with E-state index in [1.54, 1.807) is 0 Å². The highest BCUT2D eigenvalue weighted by atomic mass is 35.5. The summed E-state index contributed by atoms with van der Waals surface area (Å²) in [6.45, 7) is 11.7. The molecule has 0 amide bonds. The molecular formula is C15H27ClN2. The van der Waals surface area contributed by atoms with Crippen LogP contribution in [0.15, 0.2) is 0 Å². The molecule has 104 valence electrons. The highest BCUT2D eigenvalue weighted by Gasteiger charge is 2.16. The van der Waals surface area contributed by atoms with Crippen LogP contribution in [0.25, 0.3) is 0 Å². The predicted molar refractivity (Wildman–Crippen MR) is 82.6 cm³/mol. The molecule has 18 heavy (non-hydrogen) atoms. The molecule has 0 aliphatic carbocycles. The molecule has 1 atom stereocenters. The largest absolute Gasteiger partial charge is 0.330 e. The molecular weight excluding hydrogens is 244 g/mol. The minimum absolute atomic E-state index is 0. The van der Waals surface area contributed by atoms with Gasteiger partial charge in [-0.1, -0.05) is 0 Å². The third-order valence-electron chi connectivity index (χ3n) is 4.15. The minimum Gasteiger partial charge on any atom is -0.330 e. The third-order valence-corrected chi connectivity index (χ3v) is 4.15. The van der Waals surface area contributed by atoms with Crippen LogP contribution in [-0.4, -0.2) is 6.54 Å². The molecule has 0 unspecified atom stereocenters. The molecule has 0 saturated heterocycles. The topological polar surface area (TPSA) is 52.0 Å². The van der Waals surface area contributed by atoms with E-state index in [1.807, 2.05) is 0 Å². The zero-order chi connectivity index (χ0) is 13.2. The van der Waals surface area contributed by atoms with Crippen molar-refractivity contribution in [2.45, 2.75) is 53.5 Å². The number of halogens is 1. The molecule has 2 nitrogen and oxygen atoms in total. The summed E-state index contributed by atoms with van der Waals surface area (Å²) < 4.78 is 0. The predicted octanol–water partition coefficient (Wildman–Crippen LogP) is 3.39. The van der Waals surface area contributed by atoms with E-state index in [1.165, 1.54) is 33.4 Å². The molecule has 1 aromatic carbocycles. The van der Waals surface area contributed by atoms with Crippen molar-refractivity contribution in [2.75, 3.05) is 6.54 Å². The van der Waals surface area contributed by atoms with Crippen molar-refractivity contribution in [1.82, 2.24) is 0 Å². The maximum Gasteiger partial charge on any atom is 0.0300 e. The second-order valence-corrected chi connectivity index (χ2v) is 5.08. The standard InChI is InChI=1S/C15H26N2.ClH/c1-9-10(2)12(4)15(13(5)11(9)3)14(17)7-6-8-16;/h14H,6-8,16-17H2,1-5H3;1H/t14-;/m1./s1. The lowest BCUT2D eigenvalue weighted by Gasteiger charge is -2.23. The minimum atomic E-state index is 0. The van der Waals surface area contributed by atoms with E-state index in [2.05, 4.69) is 34.6 Å². The van der Waals surface area contributed by atoms with Crippen LogP contribution in [0.4, 0.5) is 0 Å². The highest BCUT2D eigenvalue weighted by Crippen LogP contribution is 2.31. The van der Waals surface area contributed by atoms with Crippen LogP contribution in [0.5, 0.6) is 0 Å². The molecule has 0 heterocycles. The first kappa shape index (κ1) is 17.4. The molecule has 0 saturated carbocycles. The summed E-state index contributed by atoms with van der Waals surface area (Å²) in [6, 6.07) is 0.122. The fraction of sp³-hybridized carbons (Fsp3) is 0.600. The first-order chi connectivity index (χ1) is 7.91. The molecule has 0 radical (unpaired) electrons. The van der Waals surface area contributed by atoms with Crippen LogP contribution in [0, 0.1) is 34.6 Å². The Morgan fingerprint density at radius 2 is 1.22 bits per heavy atom. The molecule has 0 aromatic heterocycles. The van der Waals surface area contributed by atoms with Crippen molar-refractivity contribution in [3.63, 3.8) is 0 Å². The van der Waals surface area contributed by atoms with E-state index < -0.39 is 0 Å². The van der Waals surface area contributed by atoms with Crippen LogP contribution >= 0.6 is 12.4 Å². The van der Waals surface area contributed by atoms with Crippen LogP contribution in [0.3, 0.4) is 0 Å². The molecule has 1 aromatic rings. The Morgan fingerprint density at radius 3 is 1.61 bits per heavy atom. The van der Waals surface area contributed by atoms with Gasteiger partial charge in [0.1, 0.15) is 0 Å². The molecule has 0 aliphatic heterocycles. The van der Waals surface area contributed by atoms with E-state index >= 15 is 0 Å². The van der Waals surface area contributed by atoms with Gasteiger partial charge in [-0.25, -0.2) is 0 Å². The number of hydrogen-bond donors (Lipinski definition) is 2. The average Bonchev–Trinajstić information content (AvgIpc) is 2.31. The first-order valence-electron chi connectivity index (χ1n) is 6.44. The Hall–Kier alpha value is -0.570. The fourth-order valence-electron chi connectivity index (χ4n) is 2.57. The van der Waals surface area contributed by atoms with Crippen molar-refractivity contribution >= 4 is 12.4 Å². The Bertz CT molecular complexity index is 384. The molecule has 1 rings (SSSR count). The SMILES string of the molecule is Cc1c(C)c(C)c([C@H](N)CCCN)c(C)c1C.Cl. The van der Waals surface area contributed by atoms with Gasteiger partial charge < -0.3 is 11.5 Å². The van der Waals surface area contributed by atoms with Gasteiger partial charge in [0.25, 0.3) is 0 Å². The molecule has 0 aliphatic rings. The van der Waals surface area contributed by atoms with Crippen molar-refractivity contribution in [3.05, 3.63) is 33.4 Å². The smallest absolute Gasteiger partial charge is 0.0300 e. The Labute approximate surface area is 118 Å². The lowest BCUT2D eigenvalue weighted by atomic mass is 9.85. The first-order valence-corrected chi connectivity index (χ1v) is 6.44. The van der Waals surface area contributed by atoms with E-state index in [9.17, 15) is 0 Å². The summed E-state index contributed by atoms with van der Waals surface area (Å²) in [5.74, 6) is 0. The third kappa shape index (κ3) is 3.25. The van der Waals surface area contributed by atoms with E-state index in [4.69, 9.17) is 11.5 Å². The molecule has 0 fully saturated rings. The van der Waals surface area contributed by atoms with E-state index in [-0.39, 0.29) is 18.4 Å². The van der Waals surface area contributed by atoms with Gasteiger partial charge in [0.2, 0.25) is 0 Å². The second-order valence-electron chi connectivity index (χ2n) is 5.08. The van der Waals surface area contributed by atoms with Crippen LogP contribution in [0.2, 0.25) is 0 Å². The van der Waals surface area contributed by atoms with Gasteiger partial charge in [-0.2, -0.15) is 0 Å². The molecule has 0 spiro atoms. The van der Waals surface area contributed by atoms with Gasteiger partial charge in [-0.15, -0.1) is 12.4 Å². The molecule has 0 bridgehead atoms. The van der Waals surface area contributed by atoms with Gasteiger partial charge in [-0.3, -0.25) is 0 Å². The summed E-state index contributed by atoms with van der Waals surface area (Å²) in [5, 5.41) is 0. The van der Waals surface area contributed by atoms with Crippen molar-refractivity contribution < 1.29 is 0 Å². The maximum absolute atomic E-state index is 6.32. The number of nitrogens with two attached hydrogens (primary N) is 2. The lowest BCUT2D eigenvalue weighted by Crippen LogP contribution is -2.17. The highest BCUT2D eigenvalue weighted by molar-refractivity contribution is 5.85. The molecule has 4 N–H and O–H groups in total. The van der Waals surface area contributed by atoms with Gasteiger partial charge in [-0.05, 0) is 87.4 Å². The molecule has 3 heteroatoms. The summed E-state index contributed by atoms with van der Waals surface area (Å²) >= 11 is 0. The van der Waals surface area contributed by atoms with Gasteiger partial charge in [0.15, 0.2) is 0 Å². The number of hydrogen-bond acceptors (Lipinski definition) is 2. The Kier molecular flexibility index (Phi) is 6.90. The van der Waals surface area contributed by atoms with Crippen LogP contribution in [0.1, 0.15) is 52.3 Å². The summed E-state index contributed by atoms with van der Waals surface area (Å²) in [4.78, 5) is 0. The summed E-state index contributed by atoms with van der Waals surface area (Å²) in [5.41, 5.74) is 20.1. The normalized spacial score (nSPS) is 12.2. The van der Waals surface area contributed by atoms with Crippen molar-refractivity contribution in [3.8, 4) is 0 Å². The Morgan fingerprint density at radius 1 is 0.833 bits per heavy atom. The summed E-state index contributed by atoms with van der Waals surface area (Å²) in [7, 11) is 0. The van der Waals surface area contributed by atoms with Gasteiger partial charge in [0, 0.05) is 6.04 Å². The monoisotopic (exact) mass is 270 g/mol. The zero-order valence-electron chi connectivity index (χ0n) is 12.3. The van der Waals surface area contributed by atoms with Crippen LogP contribution in [-0.2, 0) is 0 Å². The summed E-state index contributed by atoms with van der Waals surface area (Å²) in [6.07, 6.45) is 1.96. The van der Waals surface area contributed by atoms with Gasteiger partial charge >= 0.3 is 0 Å². The van der Waals surface area contributed by atoms with Crippen molar-refractivity contribution in [1.29, 1.82) is 0 Å². The maximum atomic E-state index is 6.32. The number of benzene rings is 1. The van der Waals surface area contributed by atoms with Gasteiger partial charge in [0.05, 0.1) is 0 Å². The van der Waals surface area contributed by atoms with E-state index in [0.29, 0.717) is 0 Å². The Balaban J connectivity index is 0.00000289.